The van der Waals surface area contributed by atoms with Crippen molar-refractivity contribution >= 4 is 5.69 Å². The lowest BCUT2D eigenvalue weighted by Crippen LogP contribution is -2.09. The maximum atomic E-state index is 12.2. The minimum absolute atomic E-state index is 0.0324. The van der Waals surface area contributed by atoms with E-state index in [1.807, 2.05) is 0 Å². The molecule has 66 valence electrons. The highest BCUT2D eigenvalue weighted by Gasteiger charge is 2.12. The number of hydrogen-bond donors (Lipinski definition) is 3. The summed E-state index contributed by atoms with van der Waals surface area (Å²) in [5.74, 6) is 4.86. The van der Waals surface area contributed by atoms with Crippen LogP contribution in [0.5, 0.6) is 5.75 Å². The zero-order valence-corrected chi connectivity index (χ0v) is 6.09. The number of nitrogen functional groups attached to an aromatic ring is 1. The maximum Gasteiger partial charge on any atom is 0.265 e. The van der Waals surface area contributed by atoms with E-state index in [1.165, 1.54) is 6.07 Å². The lowest BCUT2D eigenvalue weighted by molar-refractivity contribution is 0.152. The van der Waals surface area contributed by atoms with Gasteiger partial charge in [0.2, 0.25) is 0 Å². The van der Waals surface area contributed by atoms with Gasteiger partial charge in [-0.15, -0.1) is 0 Å². The van der Waals surface area contributed by atoms with Gasteiger partial charge in [0, 0.05) is 11.6 Å². The molecular weight excluding hydrogens is 166 g/mol. The topological polar surface area (TPSA) is 58.3 Å². The van der Waals surface area contributed by atoms with Crippen LogP contribution in [0, 0.1) is 0 Å². The first kappa shape index (κ1) is 8.73. The number of phenols is 1. The van der Waals surface area contributed by atoms with Crippen LogP contribution in [0.1, 0.15) is 12.0 Å². The Morgan fingerprint density at radius 1 is 1.42 bits per heavy atom. The van der Waals surface area contributed by atoms with Crippen molar-refractivity contribution in [2.75, 3.05) is 5.43 Å². The zero-order chi connectivity index (χ0) is 9.14. The van der Waals surface area contributed by atoms with Crippen molar-refractivity contribution in [3.05, 3.63) is 23.8 Å². The number of aromatic hydroxyl groups is 1. The van der Waals surface area contributed by atoms with Gasteiger partial charge in [-0.1, -0.05) is 0 Å². The van der Waals surface area contributed by atoms with E-state index in [0.717, 1.165) is 12.1 Å². The van der Waals surface area contributed by atoms with Crippen LogP contribution in [0.3, 0.4) is 0 Å². The van der Waals surface area contributed by atoms with E-state index in [0.29, 0.717) is 0 Å². The molecule has 5 heteroatoms. The molecule has 0 heterocycles. The fourth-order valence-electron chi connectivity index (χ4n) is 0.860. The second-order valence-corrected chi connectivity index (χ2v) is 2.22. The lowest BCUT2D eigenvalue weighted by atomic mass is 10.2. The average Bonchev–Trinajstić information content (AvgIpc) is 2.03. The minimum atomic E-state index is -2.60. The molecule has 0 aromatic heterocycles. The van der Waals surface area contributed by atoms with Crippen LogP contribution in [0.4, 0.5) is 14.5 Å². The van der Waals surface area contributed by atoms with Gasteiger partial charge in [-0.05, 0) is 12.1 Å². The normalized spacial score (nSPS) is 10.3. The first-order valence-corrected chi connectivity index (χ1v) is 3.23. The Balaban J connectivity index is 3.11. The first-order chi connectivity index (χ1) is 5.65. The van der Waals surface area contributed by atoms with Gasteiger partial charge in [0.25, 0.3) is 6.43 Å². The molecule has 0 spiro atoms. The Morgan fingerprint density at radius 2 is 2.08 bits per heavy atom. The summed E-state index contributed by atoms with van der Waals surface area (Å²) in [6.07, 6.45) is -2.60. The fourth-order valence-corrected chi connectivity index (χ4v) is 0.860. The number of benzene rings is 1. The minimum Gasteiger partial charge on any atom is -0.508 e. The summed E-state index contributed by atoms with van der Waals surface area (Å²) in [6.45, 7) is 0. The van der Waals surface area contributed by atoms with Crippen molar-refractivity contribution in [2.45, 2.75) is 6.43 Å². The second-order valence-electron chi connectivity index (χ2n) is 2.22. The lowest BCUT2D eigenvalue weighted by Gasteiger charge is -2.07. The maximum absolute atomic E-state index is 12.2. The molecule has 0 radical (unpaired) electrons. The molecule has 12 heavy (non-hydrogen) atoms. The van der Waals surface area contributed by atoms with Gasteiger partial charge in [0.1, 0.15) is 5.75 Å². The van der Waals surface area contributed by atoms with E-state index in [1.54, 1.807) is 0 Å². The monoisotopic (exact) mass is 174 g/mol. The molecule has 0 aliphatic heterocycles. The molecule has 1 rings (SSSR count). The number of phenolic OH excluding ortho intramolecular Hbond substituents is 1. The van der Waals surface area contributed by atoms with E-state index in [2.05, 4.69) is 5.43 Å². The van der Waals surface area contributed by atoms with Gasteiger partial charge < -0.3 is 10.5 Å². The van der Waals surface area contributed by atoms with Crippen LogP contribution in [0.2, 0.25) is 0 Å². The molecule has 0 aliphatic rings. The first-order valence-electron chi connectivity index (χ1n) is 3.23. The Morgan fingerprint density at radius 3 is 2.58 bits per heavy atom. The van der Waals surface area contributed by atoms with E-state index in [9.17, 15) is 8.78 Å². The molecule has 4 N–H and O–H groups in total. The number of hydrogen-bond acceptors (Lipinski definition) is 3. The predicted molar refractivity (Wildman–Crippen MR) is 40.9 cm³/mol. The summed E-state index contributed by atoms with van der Waals surface area (Å²) in [6, 6.07) is 3.44. The molecule has 1 aromatic rings. The quantitative estimate of drug-likeness (QED) is 0.471. The van der Waals surface area contributed by atoms with Crippen molar-refractivity contribution in [3.8, 4) is 5.75 Å². The fraction of sp³-hybridized carbons (Fsp3) is 0.143. The number of nitrogens with two attached hydrogens (primary N) is 1. The number of halogens is 2. The van der Waals surface area contributed by atoms with Gasteiger partial charge in [-0.2, -0.15) is 0 Å². The second kappa shape index (κ2) is 3.36. The van der Waals surface area contributed by atoms with Crippen LogP contribution in [0.15, 0.2) is 18.2 Å². The SMILES string of the molecule is NNc1cc(O)ccc1C(F)F. The van der Waals surface area contributed by atoms with Crippen LogP contribution in [-0.4, -0.2) is 5.11 Å². The molecule has 0 saturated carbocycles. The molecule has 0 fully saturated rings. The van der Waals surface area contributed by atoms with Crippen molar-refractivity contribution < 1.29 is 13.9 Å². The summed E-state index contributed by atoms with van der Waals surface area (Å²) in [5, 5.41) is 8.91. The Labute approximate surface area is 67.8 Å². The van der Waals surface area contributed by atoms with E-state index >= 15 is 0 Å². The summed E-state index contributed by atoms with van der Waals surface area (Å²) >= 11 is 0. The molecule has 1 aromatic carbocycles. The molecule has 3 nitrogen and oxygen atoms in total. The third kappa shape index (κ3) is 1.62. The number of rotatable bonds is 2. The largest absolute Gasteiger partial charge is 0.508 e. The molecule has 0 amide bonds. The van der Waals surface area contributed by atoms with E-state index in [-0.39, 0.29) is 17.0 Å². The van der Waals surface area contributed by atoms with Crippen molar-refractivity contribution in [1.82, 2.24) is 0 Å². The Kier molecular flexibility index (Phi) is 2.44. The highest BCUT2D eigenvalue weighted by atomic mass is 19.3. The van der Waals surface area contributed by atoms with Crippen molar-refractivity contribution in [2.24, 2.45) is 5.84 Å². The van der Waals surface area contributed by atoms with E-state index < -0.39 is 6.43 Å². The third-order valence-electron chi connectivity index (χ3n) is 1.43. The van der Waals surface area contributed by atoms with Crippen LogP contribution in [0.25, 0.3) is 0 Å². The number of alkyl halides is 2. The smallest absolute Gasteiger partial charge is 0.265 e. The molecule has 0 aliphatic carbocycles. The highest BCUT2D eigenvalue weighted by Crippen LogP contribution is 2.29. The van der Waals surface area contributed by atoms with Crippen LogP contribution in [-0.2, 0) is 0 Å². The predicted octanol–water partition coefficient (Wildman–Crippen LogP) is 1.62. The third-order valence-corrected chi connectivity index (χ3v) is 1.43. The molecule has 0 atom stereocenters. The molecule has 0 unspecified atom stereocenters. The molecule has 0 bridgehead atoms. The zero-order valence-electron chi connectivity index (χ0n) is 6.09. The van der Waals surface area contributed by atoms with Crippen LogP contribution < -0.4 is 11.3 Å². The Hall–Kier alpha value is -1.36. The van der Waals surface area contributed by atoms with Crippen molar-refractivity contribution in [1.29, 1.82) is 0 Å². The standard InChI is InChI=1S/C7H8F2N2O/c8-7(9)5-2-1-4(12)3-6(5)11-10/h1-3,7,11-12H,10H2. The molecule has 0 saturated heterocycles. The molecular formula is C7H8F2N2O. The Bertz CT molecular complexity index is 278. The van der Waals surface area contributed by atoms with Gasteiger partial charge in [0.15, 0.2) is 0 Å². The number of nitrogens with one attached hydrogen (secondary N) is 1. The summed E-state index contributed by atoms with van der Waals surface area (Å²) in [7, 11) is 0. The summed E-state index contributed by atoms with van der Waals surface area (Å²) < 4.78 is 24.3. The summed E-state index contributed by atoms with van der Waals surface area (Å²) in [4.78, 5) is 0. The van der Waals surface area contributed by atoms with Gasteiger partial charge in [0.05, 0.1) is 5.69 Å². The van der Waals surface area contributed by atoms with Gasteiger partial charge in [-0.25, -0.2) is 8.78 Å². The average molecular weight is 174 g/mol. The highest BCUT2D eigenvalue weighted by molar-refractivity contribution is 5.54. The summed E-state index contributed by atoms with van der Waals surface area (Å²) in [5.41, 5.74) is 1.88. The van der Waals surface area contributed by atoms with Gasteiger partial charge in [-0.3, -0.25) is 5.84 Å². The van der Waals surface area contributed by atoms with Crippen molar-refractivity contribution in [3.63, 3.8) is 0 Å². The van der Waals surface area contributed by atoms with E-state index in [4.69, 9.17) is 10.9 Å². The van der Waals surface area contributed by atoms with Gasteiger partial charge >= 0.3 is 0 Å². The number of anilines is 1. The van der Waals surface area contributed by atoms with Crippen LogP contribution >= 0.6 is 0 Å². The number of hydrazine groups is 1.